The van der Waals surface area contributed by atoms with Crippen molar-refractivity contribution in [3.05, 3.63) is 6.42 Å². The maximum Gasteiger partial charge on any atom is 0.438 e. The molecular formula is C12H5F19I. The molecule has 0 amide bonds. The van der Waals surface area contributed by atoms with Crippen molar-refractivity contribution in [3.8, 4) is 0 Å². The molecule has 0 N–H and O–H groups in total. The van der Waals surface area contributed by atoms with Crippen LogP contribution in [0.3, 0.4) is 0 Å². The predicted octanol–water partition coefficient (Wildman–Crippen LogP) is 7.66. The van der Waals surface area contributed by atoms with E-state index in [-0.39, 0.29) is 0 Å². The fraction of sp³-hybridized carbons (Fsp3) is 0.917. The highest BCUT2D eigenvalue weighted by Gasteiger charge is 2.98. The van der Waals surface area contributed by atoms with Gasteiger partial charge >= 0.3 is 53.6 Å². The minimum atomic E-state index is -8.97. The summed E-state index contributed by atoms with van der Waals surface area (Å²) in [6.07, 6.45) is -19.0. The molecule has 1 radical (unpaired) electrons. The topological polar surface area (TPSA) is 0 Å². The van der Waals surface area contributed by atoms with Crippen LogP contribution >= 0.6 is 22.6 Å². The Morgan fingerprint density at radius 1 is 0.438 bits per heavy atom. The van der Waals surface area contributed by atoms with E-state index in [1.165, 1.54) is 0 Å². The molecule has 0 saturated heterocycles. The average Bonchev–Trinajstić information content (AvgIpc) is 2.56. The fourth-order valence-corrected chi connectivity index (χ4v) is 2.21. The minimum absolute atomic E-state index is 0.624. The van der Waals surface area contributed by atoms with E-state index in [9.17, 15) is 83.4 Å². The zero-order valence-electron chi connectivity index (χ0n) is 14.1. The van der Waals surface area contributed by atoms with Gasteiger partial charge in [-0.1, -0.05) is 22.6 Å². The Balaban J connectivity index is 6.97. The Hall–Kier alpha value is -0.600. The fourth-order valence-electron chi connectivity index (χ4n) is 1.90. The first-order valence-electron chi connectivity index (χ1n) is 7.05. The highest BCUT2D eigenvalue weighted by atomic mass is 127. The van der Waals surface area contributed by atoms with Gasteiger partial charge in [-0.3, -0.25) is 0 Å². The third-order valence-corrected chi connectivity index (χ3v) is 4.34. The van der Waals surface area contributed by atoms with E-state index < -0.39 is 70.8 Å². The van der Waals surface area contributed by atoms with E-state index in [2.05, 4.69) is 0 Å². The molecule has 32 heavy (non-hydrogen) atoms. The quantitative estimate of drug-likeness (QED) is 0.139. The van der Waals surface area contributed by atoms with Crippen molar-refractivity contribution in [1.82, 2.24) is 0 Å². The maximum atomic E-state index is 13.4. The molecule has 0 aromatic carbocycles. The van der Waals surface area contributed by atoms with Gasteiger partial charge < -0.3 is 0 Å². The number of rotatable bonds is 9. The lowest BCUT2D eigenvalue weighted by Crippen LogP contribution is -2.77. The van der Waals surface area contributed by atoms with Crippen LogP contribution in [0, 0.1) is 6.42 Å². The first-order chi connectivity index (χ1) is 13.6. The van der Waals surface area contributed by atoms with Crippen molar-refractivity contribution < 1.29 is 83.4 Å². The molecule has 0 heterocycles. The molecule has 0 fully saturated rings. The lowest BCUT2D eigenvalue weighted by Gasteiger charge is -2.45. The van der Waals surface area contributed by atoms with Gasteiger partial charge in [0.1, 0.15) is 0 Å². The lowest BCUT2D eigenvalue weighted by molar-refractivity contribution is -0.471. The van der Waals surface area contributed by atoms with Crippen LogP contribution in [0.15, 0.2) is 0 Å². The molecule has 193 valence electrons. The first kappa shape index (κ1) is 31.4. The van der Waals surface area contributed by atoms with Crippen LogP contribution in [0.5, 0.6) is 0 Å². The third kappa shape index (κ3) is 4.06. The van der Waals surface area contributed by atoms with Crippen LogP contribution in [-0.4, -0.2) is 58.0 Å². The largest absolute Gasteiger partial charge is 0.438 e. The van der Waals surface area contributed by atoms with Crippen LogP contribution in [0.1, 0.15) is 6.42 Å². The van der Waals surface area contributed by atoms with Crippen LogP contribution < -0.4 is 0 Å². The summed E-state index contributed by atoms with van der Waals surface area (Å²) in [6, 6.07) is 0. The number of halogens is 20. The summed E-state index contributed by atoms with van der Waals surface area (Å²) in [5.41, 5.74) is -8.71. The molecular weight excluding hydrogens is 632 g/mol. The van der Waals surface area contributed by atoms with Gasteiger partial charge in [0.2, 0.25) is 0 Å². The molecule has 0 aromatic heterocycles. The van der Waals surface area contributed by atoms with E-state index in [1.807, 2.05) is 0 Å². The molecule has 0 aromatic rings. The van der Waals surface area contributed by atoms with E-state index in [0.717, 1.165) is 22.6 Å². The highest BCUT2D eigenvalue weighted by Crippen LogP contribution is 2.66. The summed E-state index contributed by atoms with van der Waals surface area (Å²) >= 11 is 1.12. The molecule has 0 saturated carbocycles. The Bertz CT molecular complexity index is 642. The Labute approximate surface area is 177 Å². The van der Waals surface area contributed by atoms with Crippen molar-refractivity contribution in [1.29, 1.82) is 0 Å². The molecule has 0 aliphatic rings. The zero-order chi connectivity index (χ0) is 26.6. The van der Waals surface area contributed by atoms with Crippen molar-refractivity contribution in [3.63, 3.8) is 0 Å². The van der Waals surface area contributed by atoms with Crippen LogP contribution in [-0.2, 0) is 0 Å². The highest BCUT2D eigenvalue weighted by molar-refractivity contribution is 14.1. The van der Waals surface area contributed by atoms with Gasteiger partial charge in [-0.2, -0.15) is 79.0 Å². The molecule has 0 nitrogen and oxygen atoms in total. The molecule has 0 atom stereocenters. The van der Waals surface area contributed by atoms with E-state index >= 15 is 0 Å². The summed E-state index contributed by atoms with van der Waals surface area (Å²) in [7, 11) is 0. The van der Waals surface area contributed by atoms with Crippen LogP contribution in [0.25, 0.3) is 0 Å². The van der Waals surface area contributed by atoms with E-state index in [1.54, 1.807) is 0 Å². The SMILES string of the molecule is FC(F)(F)C(F)(C(F)(F)F)C(F)(F)C(F)(F)C(F)(F)C(F)(F)C(F)(F)C(F)(F)[CH]CCI. The maximum absolute atomic E-state index is 13.4. The molecule has 0 aliphatic heterocycles. The van der Waals surface area contributed by atoms with Gasteiger partial charge in [-0.15, -0.1) is 0 Å². The van der Waals surface area contributed by atoms with Gasteiger partial charge in [-0.25, -0.2) is 4.39 Å². The standard InChI is InChI=1S/C12H5F19I/c13-4(14,2-1-3-32)6(16,17)8(20,21)10(24,25)9(22,23)7(18,19)5(15,11(26,27)28)12(29,30)31/h2H,1,3H2. The van der Waals surface area contributed by atoms with Crippen LogP contribution in [0.4, 0.5) is 83.4 Å². The second kappa shape index (κ2) is 8.26. The zero-order valence-corrected chi connectivity index (χ0v) is 16.2. The van der Waals surface area contributed by atoms with Crippen molar-refractivity contribution >= 4 is 22.6 Å². The van der Waals surface area contributed by atoms with Gasteiger partial charge in [0.15, 0.2) is 0 Å². The van der Waals surface area contributed by atoms with Gasteiger partial charge in [0, 0.05) is 10.8 Å². The Morgan fingerprint density at radius 2 is 0.719 bits per heavy atom. The average molecular weight is 637 g/mol. The first-order valence-corrected chi connectivity index (χ1v) is 8.58. The second-order valence-electron chi connectivity index (χ2n) is 5.83. The predicted molar refractivity (Wildman–Crippen MR) is 73.4 cm³/mol. The molecule has 0 aliphatic carbocycles. The molecule has 0 spiro atoms. The van der Waals surface area contributed by atoms with E-state index in [4.69, 9.17) is 0 Å². The third-order valence-electron chi connectivity index (χ3n) is 3.72. The summed E-state index contributed by atoms with van der Waals surface area (Å²) < 4.78 is 246. The van der Waals surface area contributed by atoms with E-state index in [0.29, 0.717) is 0 Å². The molecule has 0 bridgehead atoms. The summed E-state index contributed by atoms with van der Waals surface area (Å²) in [6.45, 7) is 0. The lowest BCUT2D eigenvalue weighted by atomic mass is 9.83. The van der Waals surface area contributed by atoms with Gasteiger partial charge in [-0.05, 0) is 6.42 Å². The summed E-state index contributed by atoms with van der Waals surface area (Å²) in [4.78, 5) is 0. The second-order valence-corrected chi connectivity index (χ2v) is 6.91. The Kier molecular flexibility index (Phi) is 8.11. The van der Waals surface area contributed by atoms with Crippen molar-refractivity contribution in [2.24, 2.45) is 0 Å². The smallest absolute Gasteiger partial charge is 0.216 e. The number of alkyl halides is 20. The number of hydrogen-bond donors (Lipinski definition) is 0. The molecule has 0 unspecified atom stereocenters. The van der Waals surface area contributed by atoms with Gasteiger partial charge in [0.25, 0.3) is 0 Å². The van der Waals surface area contributed by atoms with Crippen molar-refractivity contribution in [2.75, 3.05) is 4.43 Å². The summed E-state index contributed by atoms with van der Waals surface area (Å²) in [5, 5.41) is 0. The van der Waals surface area contributed by atoms with Gasteiger partial charge in [0.05, 0.1) is 0 Å². The number of hydrogen-bond acceptors (Lipinski definition) is 0. The molecule has 0 rings (SSSR count). The minimum Gasteiger partial charge on any atom is -0.216 e. The normalized spacial score (nSPS) is 16.5. The monoisotopic (exact) mass is 637 g/mol. The summed E-state index contributed by atoms with van der Waals surface area (Å²) in [5.74, 6) is -49.5. The van der Waals surface area contributed by atoms with Crippen LogP contribution in [0.2, 0.25) is 0 Å². The molecule has 20 heteroatoms. The van der Waals surface area contributed by atoms with Crippen molar-refractivity contribution in [2.45, 2.75) is 60.0 Å². The Morgan fingerprint density at radius 3 is 1.00 bits per heavy atom.